The number of aliphatic hydroxyl groups is 1. The number of nitrogens with zero attached hydrogens (tertiary/aromatic N) is 1. The highest BCUT2D eigenvalue weighted by Gasteiger charge is 2.21. The molecule has 2 aromatic rings. The Bertz CT molecular complexity index is 729. The second kappa shape index (κ2) is 8.49. The molecule has 0 unspecified atom stereocenters. The zero-order chi connectivity index (χ0) is 18.6. The van der Waals surface area contributed by atoms with Crippen molar-refractivity contribution in [1.29, 1.82) is 0 Å². The zero-order valence-electron chi connectivity index (χ0n) is 14.3. The summed E-state index contributed by atoms with van der Waals surface area (Å²) >= 11 is 1.41. The summed E-state index contributed by atoms with van der Waals surface area (Å²) in [6.45, 7) is 2.74. The zero-order valence-corrected chi connectivity index (χ0v) is 15.1. The Morgan fingerprint density at radius 3 is 2.48 bits per heavy atom. The lowest BCUT2D eigenvalue weighted by Crippen LogP contribution is -2.15. The lowest BCUT2D eigenvalue weighted by molar-refractivity contribution is -0.0498. The largest absolute Gasteiger partial charge is 0.435 e. The van der Waals surface area contributed by atoms with Gasteiger partial charge < -0.3 is 14.4 Å². The number of Topliss-reactive ketones (excluding diaryl/α,β-unsaturated/α-hetero) is 1. The molecule has 0 aliphatic heterocycles. The number of thioether (sulfide) groups is 1. The summed E-state index contributed by atoms with van der Waals surface area (Å²) in [6.07, 6.45) is 0. The molecule has 0 radical (unpaired) electrons. The average Bonchev–Trinajstić information content (AvgIpc) is 2.87. The van der Waals surface area contributed by atoms with Crippen molar-refractivity contribution in [2.75, 3.05) is 12.4 Å². The smallest absolute Gasteiger partial charge is 0.387 e. The van der Waals surface area contributed by atoms with Crippen LogP contribution < -0.4 is 4.74 Å². The minimum atomic E-state index is -2.86. The molecule has 0 aliphatic carbocycles. The molecule has 2 rings (SSSR count). The second-order valence-electron chi connectivity index (χ2n) is 5.59. The van der Waals surface area contributed by atoms with Crippen molar-refractivity contribution >= 4 is 17.5 Å². The number of ketones is 1. The molecule has 0 fully saturated rings. The fraction of sp³-hybridized carbons (Fsp3) is 0.389. The Hall–Kier alpha value is -1.86. The predicted octanol–water partition coefficient (Wildman–Crippen LogP) is 3.99. The number of benzene rings is 1. The van der Waals surface area contributed by atoms with Gasteiger partial charge in [-0.2, -0.15) is 8.78 Å². The van der Waals surface area contributed by atoms with E-state index in [1.54, 1.807) is 12.1 Å². The Labute approximate surface area is 149 Å². The SMILES string of the molecule is Cc1cc(C(=O)[C@H](C)SCCO)c(C)n1-c1ccc(OC(F)F)cc1. The number of aromatic nitrogens is 1. The molecule has 7 heteroatoms. The third kappa shape index (κ3) is 4.61. The number of aliphatic hydroxyl groups excluding tert-OH is 1. The maximum atomic E-state index is 12.6. The number of halogens is 2. The molecule has 0 saturated carbocycles. The van der Waals surface area contributed by atoms with Crippen molar-refractivity contribution in [1.82, 2.24) is 4.57 Å². The van der Waals surface area contributed by atoms with Gasteiger partial charge in [0.1, 0.15) is 5.75 Å². The highest BCUT2D eigenvalue weighted by atomic mass is 32.2. The van der Waals surface area contributed by atoms with Gasteiger partial charge in [0.15, 0.2) is 5.78 Å². The minimum absolute atomic E-state index is 0.00968. The van der Waals surface area contributed by atoms with Gasteiger partial charge in [0.25, 0.3) is 0 Å². The van der Waals surface area contributed by atoms with Crippen LogP contribution in [0.15, 0.2) is 30.3 Å². The first kappa shape index (κ1) is 19.5. The van der Waals surface area contributed by atoms with E-state index in [0.717, 1.165) is 17.1 Å². The average molecular weight is 369 g/mol. The van der Waals surface area contributed by atoms with E-state index in [2.05, 4.69) is 4.74 Å². The van der Waals surface area contributed by atoms with Gasteiger partial charge in [0, 0.05) is 28.4 Å². The molecular weight excluding hydrogens is 348 g/mol. The molecule has 0 aliphatic rings. The Morgan fingerprint density at radius 2 is 1.92 bits per heavy atom. The molecule has 1 N–H and O–H groups in total. The highest BCUT2D eigenvalue weighted by molar-refractivity contribution is 8.00. The first-order chi connectivity index (χ1) is 11.8. The van der Waals surface area contributed by atoms with E-state index in [0.29, 0.717) is 11.3 Å². The standard InChI is InChI=1S/C18H21F2NO3S/c1-11-10-16(17(23)13(3)25-9-8-22)12(2)21(11)14-4-6-15(7-5-14)24-18(19)20/h4-7,10,13,18,22H,8-9H2,1-3H3/t13-/m0/s1. The Balaban J connectivity index is 2.28. The monoisotopic (exact) mass is 369 g/mol. The molecule has 0 amide bonds. The second-order valence-corrected chi connectivity index (χ2v) is 7.04. The van der Waals surface area contributed by atoms with Crippen LogP contribution in [0.5, 0.6) is 5.75 Å². The van der Waals surface area contributed by atoms with Gasteiger partial charge in [0.05, 0.1) is 11.9 Å². The maximum Gasteiger partial charge on any atom is 0.387 e. The molecule has 0 spiro atoms. The third-order valence-electron chi connectivity index (χ3n) is 3.85. The summed E-state index contributed by atoms with van der Waals surface area (Å²) in [5.41, 5.74) is 3.07. The van der Waals surface area contributed by atoms with E-state index >= 15 is 0 Å². The van der Waals surface area contributed by atoms with Gasteiger partial charge in [-0.3, -0.25) is 4.79 Å². The van der Waals surface area contributed by atoms with Crippen LogP contribution in [0.4, 0.5) is 8.78 Å². The van der Waals surface area contributed by atoms with Crippen LogP contribution in [0.1, 0.15) is 28.7 Å². The number of carbonyl (C=O) groups is 1. The van der Waals surface area contributed by atoms with Crippen molar-refractivity contribution in [3.05, 3.63) is 47.3 Å². The highest BCUT2D eigenvalue weighted by Crippen LogP contribution is 2.26. The summed E-state index contributed by atoms with van der Waals surface area (Å²) < 4.78 is 30.8. The predicted molar refractivity (Wildman–Crippen MR) is 95.2 cm³/mol. The molecule has 0 saturated heterocycles. The molecule has 25 heavy (non-hydrogen) atoms. The van der Waals surface area contributed by atoms with E-state index in [4.69, 9.17) is 5.11 Å². The maximum absolute atomic E-state index is 12.6. The fourth-order valence-corrected chi connectivity index (χ4v) is 3.45. The topological polar surface area (TPSA) is 51.5 Å². The fourth-order valence-electron chi connectivity index (χ4n) is 2.71. The van der Waals surface area contributed by atoms with Gasteiger partial charge in [-0.1, -0.05) is 0 Å². The molecular formula is C18H21F2NO3S. The first-order valence-corrected chi connectivity index (χ1v) is 8.91. The van der Waals surface area contributed by atoms with E-state index < -0.39 is 6.61 Å². The van der Waals surface area contributed by atoms with Gasteiger partial charge in [-0.25, -0.2) is 0 Å². The summed E-state index contributed by atoms with van der Waals surface area (Å²) in [7, 11) is 0. The van der Waals surface area contributed by atoms with Crippen molar-refractivity contribution < 1.29 is 23.4 Å². The van der Waals surface area contributed by atoms with E-state index in [1.807, 2.05) is 31.4 Å². The summed E-state index contributed by atoms with van der Waals surface area (Å²) in [4.78, 5) is 12.6. The normalized spacial score (nSPS) is 12.4. The lowest BCUT2D eigenvalue weighted by atomic mass is 10.1. The molecule has 1 aromatic heterocycles. The van der Waals surface area contributed by atoms with Gasteiger partial charge >= 0.3 is 6.61 Å². The van der Waals surface area contributed by atoms with Gasteiger partial charge in [-0.05, 0) is 51.1 Å². The molecule has 1 atom stereocenters. The molecule has 4 nitrogen and oxygen atoms in total. The van der Waals surface area contributed by atoms with E-state index in [-0.39, 0.29) is 23.4 Å². The first-order valence-electron chi connectivity index (χ1n) is 7.86. The number of hydrogen-bond donors (Lipinski definition) is 1. The van der Waals surface area contributed by atoms with Crippen molar-refractivity contribution in [3.8, 4) is 11.4 Å². The quantitative estimate of drug-likeness (QED) is 0.715. The van der Waals surface area contributed by atoms with Crippen molar-refractivity contribution in [3.63, 3.8) is 0 Å². The minimum Gasteiger partial charge on any atom is -0.435 e. The number of hydrogen-bond acceptors (Lipinski definition) is 4. The van der Waals surface area contributed by atoms with Crippen LogP contribution in [0, 0.1) is 13.8 Å². The Morgan fingerprint density at radius 1 is 1.28 bits per heavy atom. The van der Waals surface area contributed by atoms with Crippen molar-refractivity contribution in [2.24, 2.45) is 0 Å². The molecule has 1 aromatic carbocycles. The number of carbonyl (C=O) groups excluding carboxylic acids is 1. The number of rotatable bonds is 8. The van der Waals surface area contributed by atoms with Gasteiger partial charge in [-0.15, -0.1) is 11.8 Å². The van der Waals surface area contributed by atoms with Gasteiger partial charge in [0.2, 0.25) is 0 Å². The van der Waals surface area contributed by atoms with Crippen LogP contribution in [0.2, 0.25) is 0 Å². The van der Waals surface area contributed by atoms with Crippen molar-refractivity contribution in [2.45, 2.75) is 32.6 Å². The molecule has 1 heterocycles. The van der Waals surface area contributed by atoms with E-state index in [9.17, 15) is 13.6 Å². The van der Waals surface area contributed by atoms with E-state index in [1.165, 1.54) is 23.9 Å². The van der Waals surface area contributed by atoms with Crippen LogP contribution >= 0.6 is 11.8 Å². The molecule has 136 valence electrons. The third-order valence-corrected chi connectivity index (χ3v) is 4.98. The summed E-state index contributed by atoms with van der Waals surface area (Å²) in [5.74, 6) is 0.610. The van der Waals surface area contributed by atoms with Crippen LogP contribution in [-0.2, 0) is 0 Å². The van der Waals surface area contributed by atoms with Crippen LogP contribution in [0.3, 0.4) is 0 Å². The number of aryl methyl sites for hydroxylation is 1. The number of ether oxygens (including phenoxy) is 1. The Kier molecular flexibility index (Phi) is 6.61. The summed E-state index contributed by atoms with van der Waals surface area (Å²) in [6, 6.07) is 8.13. The molecule has 0 bridgehead atoms. The van der Waals surface area contributed by atoms with Crippen LogP contribution in [-0.4, -0.2) is 39.7 Å². The van der Waals surface area contributed by atoms with Crippen LogP contribution in [0.25, 0.3) is 5.69 Å². The number of alkyl halides is 2. The lowest BCUT2D eigenvalue weighted by Gasteiger charge is -2.12. The summed E-state index contributed by atoms with van der Waals surface area (Å²) in [5, 5.41) is 8.66.